The van der Waals surface area contributed by atoms with Crippen LogP contribution in [0.5, 0.6) is 0 Å². The van der Waals surface area contributed by atoms with E-state index in [2.05, 4.69) is 26.2 Å². The molecule has 0 aliphatic carbocycles. The van der Waals surface area contributed by atoms with Gasteiger partial charge in [0.25, 0.3) is 5.91 Å². The normalized spacial score (nSPS) is 20.5. The Balaban J connectivity index is 2.01. The van der Waals surface area contributed by atoms with Gasteiger partial charge >= 0.3 is 12.2 Å². The average molecular weight is 428 g/mol. The van der Waals surface area contributed by atoms with Crippen molar-refractivity contribution in [2.24, 2.45) is 0 Å². The van der Waals surface area contributed by atoms with E-state index in [4.69, 9.17) is 0 Å². The number of rotatable bonds is 2. The molecular formula is C17H13BrF3N3O2. The number of halogens is 4. The van der Waals surface area contributed by atoms with Crippen LogP contribution in [0.25, 0.3) is 0 Å². The van der Waals surface area contributed by atoms with Crippen LogP contribution in [0.2, 0.25) is 0 Å². The molecule has 5 nitrogen and oxygen atoms in total. The zero-order chi connectivity index (χ0) is 19.3. The van der Waals surface area contributed by atoms with Gasteiger partial charge in [-0.3, -0.25) is 9.78 Å². The number of imide groups is 1. The molecule has 1 unspecified atom stereocenters. The Hall–Kier alpha value is -2.42. The Kier molecular flexibility index (Phi) is 4.30. The van der Waals surface area contributed by atoms with Crippen LogP contribution in [0.1, 0.15) is 23.6 Å². The Labute approximate surface area is 155 Å². The van der Waals surface area contributed by atoms with Crippen molar-refractivity contribution in [2.75, 3.05) is 4.90 Å². The summed E-state index contributed by atoms with van der Waals surface area (Å²) in [7, 11) is 0. The summed E-state index contributed by atoms with van der Waals surface area (Å²) in [5.74, 6) is -0.592. The predicted octanol–water partition coefficient (Wildman–Crippen LogP) is 4.14. The summed E-state index contributed by atoms with van der Waals surface area (Å²) in [5.41, 5.74) is -1.11. The van der Waals surface area contributed by atoms with Crippen molar-refractivity contribution < 1.29 is 22.8 Å². The Morgan fingerprint density at radius 1 is 1.15 bits per heavy atom. The fourth-order valence-corrected chi connectivity index (χ4v) is 3.08. The Bertz CT molecular complexity index is 899. The Morgan fingerprint density at radius 3 is 2.35 bits per heavy atom. The molecule has 1 aliphatic heterocycles. The molecule has 2 aromatic rings. The number of hydrogen-bond donors (Lipinski definition) is 1. The van der Waals surface area contributed by atoms with Crippen LogP contribution in [-0.4, -0.2) is 16.9 Å². The number of benzene rings is 1. The van der Waals surface area contributed by atoms with E-state index in [1.165, 1.54) is 31.5 Å². The third-order valence-electron chi connectivity index (χ3n) is 4.35. The predicted molar refractivity (Wildman–Crippen MR) is 91.5 cm³/mol. The number of carbonyl (C=O) groups excluding carboxylic acids is 2. The lowest BCUT2D eigenvalue weighted by atomic mass is 9.91. The molecule has 0 radical (unpaired) electrons. The van der Waals surface area contributed by atoms with Gasteiger partial charge in [-0.25, -0.2) is 9.69 Å². The van der Waals surface area contributed by atoms with Crippen molar-refractivity contribution in [3.05, 3.63) is 57.8 Å². The first-order valence-corrected chi connectivity index (χ1v) is 8.29. The van der Waals surface area contributed by atoms with Crippen molar-refractivity contribution in [1.29, 1.82) is 0 Å². The van der Waals surface area contributed by atoms with E-state index in [-0.39, 0.29) is 5.56 Å². The third-order valence-corrected chi connectivity index (χ3v) is 5.15. The van der Waals surface area contributed by atoms with E-state index < -0.39 is 29.2 Å². The first kappa shape index (κ1) is 18.4. The van der Waals surface area contributed by atoms with E-state index in [0.717, 1.165) is 17.0 Å². The molecule has 1 atom stereocenters. The molecule has 26 heavy (non-hydrogen) atoms. The maximum Gasteiger partial charge on any atom is 0.416 e. The minimum absolute atomic E-state index is 0.256. The van der Waals surface area contributed by atoms with Crippen molar-refractivity contribution in [1.82, 2.24) is 10.3 Å². The summed E-state index contributed by atoms with van der Waals surface area (Å²) in [6.07, 6.45) is -1.56. The molecule has 0 saturated carbocycles. The van der Waals surface area contributed by atoms with Gasteiger partial charge in [-0.2, -0.15) is 13.2 Å². The van der Waals surface area contributed by atoms with Crippen LogP contribution in [0.4, 0.5) is 23.7 Å². The number of hydrogen-bond acceptors (Lipinski definition) is 3. The molecule has 1 N–H and O–H groups in total. The summed E-state index contributed by atoms with van der Waals surface area (Å²) >= 11 is 3.29. The van der Waals surface area contributed by atoms with Crippen LogP contribution >= 0.6 is 15.9 Å². The molecule has 3 rings (SSSR count). The fraction of sp³-hybridized carbons (Fsp3) is 0.235. The summed E-state index contributed by atoms with van der Waals surface area (Å²) in [6.45, 7) is 3.17. The van der Waals surface area contributed by atoms with E-state index in [9.17, 15) is 22.8 Å². The van der Waals surface area contributed by atoms with Gasteiger partial charge in [0, 0.05) is 10.7 Å². The summed E-state index contributed by atoms with van der Waals surface area (Å²) in [5, 5.41) is 2.56. The van der Waals surface area contributed by atoms with E-state index in [1.54, 1.807) is 6.92 Å². The van der Waals surface area contributed by atoms with E-state index in [1.807, 2.05) is 0 Å². The number of anilines is 1. The number of nitrogens with one attached hydrogen (secondary N) is 1. The average Bonchev–Trinajstić information content (AvgIpc) is 2.80. The lowest BCUT2D eigenvalue weighted by Gasteiger charge is -2.23. The van der Waals surface area contributed by atoms with Gasteiger partial charge < -0.3 is 5.32 Å². The second kappa shape index (κ2) is 6.08. The van der Waals surface area contributed by atoms with Gasteiger partial charge in [0.05, 0.1) is 17.4 Å². The zero-order valence-electron chi connectivity index (χ0n) is 13.7. The first-order chi connectivity index (χ1) is 12.1. The highest BCUT2D eigenvalue weighted by Crippen LogP contribution is 2.36. The van der Waals surface area contributed by atoms with Gasteiger partial charge in [0.2, 0.25) is 0 Å². The van der Waals surface area contributed by atoms with Crippen LogP contribution in [0.15, 0.2) is 41.1 Å². The lowest BCUT2D eigenvalue weighted by molar-refractivity contribution is -0.137. The second-order valence-electron chi connectivity index (χ2n) is 6.04. The number of alkyl halides is 3. The first-order valence-electron chi connectivity index (χ1n) is 7.50. The third kappa shape index (κ3) is 2.86. The van der Waals surface area contributed by atoms with Gasteiger partial charge in [-0.05, 0) is 53.0 Å². The van der Waals surface area contributed by atoms with Crippen LogP contribution in [0, 0.1) is 6.92 Å². The molecule has 1 fully saturated rings. The smallest absolute Gasteiger partial charge is 0.319 e. The molecule has 136 valence electrons. The molecule has 0 spiro atoms. The van der Waals surface area contributed by atoms with Crippen LogP contribution in [-0.2, 0) is 16.5 Å². The highest BCUT2D eigenvalue weighted by Gasteiger charge is 2.50. The monoisotopic (exact) mass is 427 g/mol. The maximum atomic E-state index is 13.0. The van der Waals surface area contributed by atoms with Crippen molar-refractivity contribution in [3.8, 4) is 0 Å². The Morgan fingerprint density at radius 2 is 1.77 bits per heavy atom. The number of urea groups is 1. The quantitative estimate of drug-likeness (QED) is 0.732. The number of amides is 3. The number of aromatic nitrogens is 1. The summed E-state index contributed by atoms with van der Waals surface area (Å²) in [6, 6.07) is 3.48. The van der Waals surface area contributed by atoms with Gasteiger partial charge in [0.1, 0.15) is 5.54 Å². The molecule has 2 heterocycles. The highest BCUT2D eigenvalue weighted by atomic mass is 79.9. The summed E-state index contributed by atoms with van der Waals surface area (Å²) in [4.78, 5) is 30.3. The fourth-order valence-electron chi connectivity index (χ4n) is 2.76. The minimum atomic E-state index is -4.48. The standard InChI is InChI=1S/C17H13BrF3N3O2/c1-9-12(18)7-22-8-13(9)24-14(25)16(2,23-15(24)26)10-3-5-11(6-4-10)17(19,20)21/h3-8H,1-2H3,(H,23,26). The summed E-state index contributed by atoms with van der Waals surface area (Å²) < 4.78 is 38.8. The van der Waals surface area contributed by atoms with Gasteiger partial charge in [-0.1, -0.05) is 12.1 Å². The van der Waals surface area contributed by atoms with Crippen molar-refractivity contribution in [3.63, 3.8) is 0 Å². The molecule has 0 bridgehead atoms. The molecule has 3 amide bonds. The largest absolute Gasteiger partial charge is 0.416 e. The molecule has 1 aliphatic rings. The van der Waals surface area contributed by atoms with Gasteiger partial charge in [0.15, 0.2) is 0 Å². The molecule has 9 heteroatoms. The molecule has 1 aromatic heterocycles. The second-order valence-corrected chi connectivity index (χ2v) is 6.89. The van der Waals surface area contributed by atoms with Crippen molar-refractivity contribution >= 4 is 33.6 Å². The number of carbonyl (C=O) groups is 2. The molecular weight excluding hydrogens is 415 g/mol. The molecule has 1 aromatic carbocycles. The van der Waals surface area contributed by atoms with Crippen LogP contribution < -0.4 is 10.2 Å². The lowest BCUT2D eigenvalue weighted by Crippen LogP contribution is -2.41. The SMILES string of the molecule is Cc1c(Br)cncc1N1C(=O)NC(C)(c2ccc(C(F)(F)F)cc2)C1=O. The number of nitrogens with zero attached hydrogens (tertiary/aromatic N) is 2. The highest BCUT2D eigenvalue weighted by molar-refractivity contribution is 9.10. The van der Waals surface area contributed by atoms with E-state index >= 15 is 0 Å². The topological polar surface area (TPSA) is 62.3 Å². The minimum Gasteiger partial charge on any atom is -0.319 e. The number of pyridine rings is 1. The van der Waals surface area contributed by atoms with E-state index in [0.29, 0.717) is 15.7 Å². The molecule has 1 saturated heterocycles. The zero-order valence-corrected chi connectivity index (χ0v) is 15.3. The van der Waals surface area contributed by atoms with Gasteiger partial charge in [-0.15, -0.1) is 0 Å². The van der Waals surface area contributed by atoms with Crippen LogP contribution in [0.3, 0.4) is 0 Å². The maximum absolute atomic E-state index is 13.0. The van der Waals surface area contributed by atoms with Crippen molar-refractivity contribution in [2.45, 2.75) is 25.6 Å².